The molecule has 0 spiro atoms. The molecule has 2 heterocycles. The first kappa shape index (κ1) is 19.7. The van der Waals surface area contributed by atoms with Crippen molar-refractivity contribution < 1.29 is 18.7 Å². The van der Waals surface area contributed by atoms with Gasteiger partial charge in [0.25, 0.3) is 0 Å². The van der Waals surface area contributed by atoms with E-state index in [-0.39, 0.29) is 0 Å². The quantitative estimate of drug-likeness (QED) is 0.390. The number of rotatable bonds is 8. The van der Waals surface area contributed by atoms with Gasteiger partial charge in [-0.05, 0) is 34.7 Å². The Kier molecular flexibility index (Phi) is 5.80. The Morgan fingerprint density at radius 2 is 1.83 bits per heavy atom. The topological polar surface area (TPSA) is 110 Å². The van der Waals surface area contributed by atoms with E-state index in [1.165, 1.54) is 11.8 Å². The lowest BCUT2D eigenvalue weighted by Crippen LogP contribution is -2.02. The van der Waals surface area contributed by atoms with E-state index in [4.69, 9.17) is 18.7 Å². The number of nitrogens with zero attached hydrogens (tertiary/aromatic N) is 6. The maximum atomic E-state index is 5.43. The smallest absolute Gasteiger partial charge is 0.237 e. The van der Waals surface area contributed by atoms with Crippen LogP contribution in [0.15, 0.2) is 52.1 Å². The van der Waals surface area contributed by atoms with Gasteiger partial charge in [-0.3, -0.25) is 0 Å². The molecule has 0 N–H and O–H groups in total. The number of aromatic nitrogens is 6. The van der Waals surface area contributed by atoms with E-state index >= 15 is 0 Å². The third-order valence-corrected chi connectivity index (χ3v) is 5.08. The summed E-state index contributed by atoms with van der Waals surface area (Å²) in [6.45, 7) is 0. The van der Waals surface area contributed by atoms with Gasteiger partial charge >= 0.3 is 0 Å². The average Bonchev–Trinajstić information content (AvgIpc) is 3.46. The van der Waals surface area contributed by atoms with Crippen LogP contribution in [0.25, 0.3) is 17.1 Å². The van der Waals surface area contributed by atoms with E-state index in [1.54, 1.807) is 44.2 Å². The number of thioether (sulfide) groups is 1. The summed E-state index contributed by atoms with van der Waals surface area (Å²) >= 11 is 1.36. The highest BCUT2D eigenvalue weighted by atomic mass is 32.2. The number of methoxy groups -OCH3 is 3. The second-order valence-corrected chi connectivity index (χ2v) is 6.89. The van der Waals surface area contributed by atoms with Crippen molar-refractivity contribution in [2.75, 3.05) is 21.3 Å². The summed E-state index contributed by atoms with van der Waals surface area (Å²) in [6, 6.07) is 12.9. The molecule has 30 heavy (non-hydrogen) atoms. The fourth-order valence-electron chi connectivity index (χ4n) is 2.70. The number of ether oxygens (including phenoxy) is 3. The minimum absolute atomic E-state index is 0.392. The Balaban J connectivity index is 1.53. The highest BCUT2D eigenvalue weighted by molar-refractivity contribution is 7.98. The largest absolute Gasteiger partial charge is 0.497 e. The molecule has 154 valence electrons. The van der Waals surface area contributed by atoms with Crippen molar-refractivity contribution in [2.45, 2.75) is 10.9 Å². The van der Waals surface area contributed by atoms with Crippen molar-refractivity contribution >= 4 is 11.8 Å². The molecule has 4 rings (SSSR count). The van der Waals surface area contributed by atoms with Crippen LogP contribution in [-0.2, 0) is 5.75 Å². The molecular weight excluding hydrogens is 408 g/mol. The van der Waals surface area contributed by atoms with Gasteiger partial charge in [0.1, 0.15) is 22.9 Å². The minimum atomic E-state index is 0.392. The van der Waals surface area contributed by atoms with Crippen molar-refractivity contribution in [2.24, 2.45) is 0 Å². The van der Waals surface area contributed by atoms with Gasteiger partial charge in [-0.2, -0.15) is 9.67 Å². The first-order chi connectivity index (χ1) is 14.7. The molecule has 4 aromatic rings. The zero-order valence-corrected chi connectivity index (χ0v) is 17.3. The summed E-state index contributed by atoms with van der Waals surface area (Å²) in [6.07, 6.45) is 0. The Bertz CT molecular complexity index is 1150. The average molecular weight is 426 g/mol. The van der Waals surface area contributed by atoms with Gasteiger partial charge in [-0.15, -0.1) is 5.10 Å². The SMILES string of the molecule is COc1cccc(-c2noc(CSc3nnnn3-c3cc(OC)ccc3OC)n2)c1. The van der Waals surface area contributed by atoms with Crippen molar-refractivity contribution in [1.82, 2.24) is 30.3 Å². The lowest BCUT2D eigenvalue weighted by atomic mass is 10.2. The molecule has 0 aliphatic heterocycles. The molecule has 2 aromatic carbocycles. The van der Waals surface area contributed by atoms with E-state index in [0.29, 0.717) is 39.8 Å². The number of hydrogen-bond acceptors (Lipinski definition) is 10. The highest BCUT2D eigenvalue weighted by Crippen LogP contribution is 2.31. The Hall–Kier alpha value is -3.60. The molecular formula is C19H18N6O4S. The lowest BCUT2D eigenvalue weighted by Gasteiger charge is -2.10. The maximum absolute atomic E-state index is 5.43. The van der Waals surface area contributed by atoms with Crippen molar-refractivity contribution in [3.63, 3.8) is 0 Å². The molecule has 0 fully saturated rings. The Morgan fingerprint density at radius 3 is 2.63 bits per heavy atom. The van der Waals surface area contributed by atoms with Crippen LogP contribution in [0.4, 0.5) is 0 Å². The predicted octanol–water partition coefficient (Wildman–Crippen LogP) is 3.03. The molecule has 0 bridgehead atoms. The second-order valence-electron chi connectivity index (χ2n) is 5.94. The van der Waals surface area contributed by atoms with Crippen LogP contribution in [0.2, 0.25) is 0 Å². The van der Waals surface area contributed by atoms with E-state index in [2.05, 4.69) is 25.7 Å². The first-order valence-corrected chi connectivity index (χ1v) is 9.81. The summed E-state index contributed by atoms with van der Waals surface area (Å²) in [7, 11) is 4.79. The monoisotopic (exact) mass is 426 g/mol. The number of benzene rings is 2. The van der Waals surface area contributed by atoms with Crippen LogP contribution in [0.5, 0.6) is 17.2 Å². The van der Waals surface area contributed by atoms with E-state index in [1.807, 2.05) is 24.3 Å². The fraction of sp³-hybridized carbons (Fsp3) is 0.211. The van der Waals surface area contributed by atoms with Crippen molar-refractivity contribution in [3.05, 3.63) is 48.4 Å². The highest BCUT2D eigenvalue weighted by Gasteiger charge is 2.17. The molecule has 0 atom stereocenters. The van der Waals surface area contributed by atoms with Gasteiger partial charge in [0.2, 0.25) is 16.9 Å². The van der Waals surface area contributed by atoms with Crippen LogP contribution in [-0.4, -0.2) is 51.7 Å². The first-order valence-electron chi connectivity index (χ1n) is 8.82. The van der Waals surface area contributed by atoms with Crippen molar-refractivity contribution in [3.8, 4) is 34.3 Å². The summed E-state index contributed by atoms with van der Waals surface area (Å²) < 4.78 is 22.9. The summed E-state index contributed by atoms with van der Waals surface area (Å²) in [4.78, 5) is 4.44. The van der Waals surface area contributed by atoms with Crippen LogP contribution in [0, 0.1) is 0 Å². The molecule has 0 saturated heterocycles. The molecule has 0 aliphatic carbocycles. The van der Waals surface area contributed by atoms with E-state index < -0.39 is 0 Å². The second kappa shape index (κ2) is 8.82. The zero-order valence-electron chi connectivity index (χ0n) is 16.5. The number of tetrazole rings is 1. The Labute approximate surface area is 176 Å². The normalized spacial score (nSPS) is 10.8. The molecule has 10 nitrogen and oxygen atoms in total. The van der Waals surface area contributed by atoms with Crippen molar-refractivity contribution in [1.29, 1.82) is 0 Å². The standard InChI is InChI=1S/C19H18N6O4S/c1-26-13-6-4-5-12(9-13)18-20-17(29-22-18)11-30-19-21-23-24-25(19)15-10-14(27-2)7-8-16(15)28-3/h4-10H,11H2,1-3H3. The zero-order chi connectivity index (χ0) is 20.9. The molecule has 2 aromatic heterocycles. The van der Waals surface area contributed by atoms with Crippen LogP contribution in [0.1, 0.15) is 5.89 Å². The molecule has 0 aliphatic rings. The predicted molar refractivity (Wildman–Crippen MR) is 108 cm³/mol. The molecule has 11 heteroatoms. The summed E-state index contributed by atoms with van der Waals surface area (Å²) in [5.41, 5.74) is 1.47. The van der Waals surface area contributed by atoms with Gasteiger partial charge in [-0.25, -0.2) is 0 Å². The molecule has 0 saturated carbocycles. The van der Waals surface area contributed by atoms with E-state index in [0.717, 1.165) is 11.3 Å². The van der Waals surface area contributed by atoms with Crippen LogP contribution >= 0.6 is 11.8 Å². The third-order valence-electron chi connectivity index (χ3n) is 4.18. The fourth-order valence-corrected chi connectivity index (χ4v) is 3.42. The Morgan fingerprint density at radius 1 is 1.00 bits per heavy atom. The van der Waals surface area contributed by atoms with E-state index in [9.17, 15) is 0 Å². The molecule has 0 radical (unpaired) electrons. The minimum Gasteiger partial charge on any atom is -0.497 e. The third kappa shape index (κ3) is 4.06. The van der Waals surface area contributed by atoms with Gasteiger partial charge in [0.05, 0.1) is 27.1 Å². The van der Waals surface area contributed by atoms with Crippen LogP contribution < -0.4 is 14.2 Å². The van der Waals surface area contributed by atoms with Gasteiger partial charge in [0, 0.05) is 11.6 Å². The maximum Gasteiger partial charge on any atom is 0.237 e. The lowest BCUT2D eigenvalue weighted by molar-refractivity contribution is 0.391. The van der Waals surface area contributed by atoms with Gasteiger partial charge in [0.15, 0.2) is 0 Å². The van der Waals surface area contributed by atoms with Gasteiger partial charge < -0.3 is 18.7 Å². The van der Waals surface area contributed by atoms with Crippen LogP contribution in [0.3, 0.4) is 0 Å². The molecule has 0 amide bonds. The summed E-state index contributed by atoms with van der Waals surface area (Å²) in [5.74, 6) is 3.33. The molecule has 0 unspecified atom stereocenters. The number of hydrogen-bond donors (Lipinski definition) is 0. The summed E-state index contributed by atoms with van der Waals surface area (Å²) in [5, 5.41) is 16.5. The van der Waals surface area contributed by atoms with Gasteiger partial charge in [-0.1, -0.05) is 29.1 Å².